The Kier molecular flexibility index (Phi) is 7.40. The topological polar surface area (TPSA) is 92.7 Å². The summed E-state index contributed by atoms with van der Waals surface area (Å²) >= 11 is 0. The Labute approximate surface area is 199 Å². The average Bonchev–Trinajstić information content (AvgIpc) is 3.35. The van der Waals surface area contributed by atoms with Crippen molar-refractivity contribution in [3.8, 4) is 11.5 Å². The molecule has 0 atom stereocenters. The van der Waals surface area contributed by atoms with Crippen molar-refractivity contribution < 1.29 is 0 Å². The first-order valence-electron chi connectivity index (χ1n) is 12.3. The molecular formula is C27H33N5O2. The van der Waals surface area contributed by atoms with E-state index in [1.807, 2.05) is 42.7 Å². The van der Waals surface area contributed by atoms with E-state index >= 15 is 0 Å². The minimum atomic E-state index is -0.642. The van der Waals surface area contributed by atoms with Crippen molar-refractivity contribution in [1.29, 1.82) is 0 Å². The summed E-state index contributed by atoms with van der Waals surface area (Å²) in [5, 5.41) is 3.69. The number of nitrogens with one attached hydrogen (secondary N) is 2. The van der Waals surface area contributed by atoms with Crippen molar-refractivity contribution >= 4 is 16.7 Å². The highest BCUT2D eigenvalue weighted by Gasteiger charge is 2.21. The predicted octanol–water partition coefficient (Wildman–Crippen LogP) is 4.91. The fraction of sp³-hybridized carbons (Fsp3) is 0.407. The van der Waals surface area contributed by atoms with Gasteiger partial charge in [0.25, 0.3) is 5.56 Å². The number of aryl methyl sites for hydroxylation is 3. The zero-order valence-corrected chi connectivity index (χ0v) is 20.2. The molecule has 1 saturated carbocycles. The van der Waals surface area contributed by atoms with Gasteiger partial charge in [-0.15, -0.1) is 0 Å². The zero-order valence-electron chi connectivity index (χ0n) is 20.2. The summed E-state index contributed by atoms with van der Waals surface area (Å²) in [5.41, 5.74) is 4.11. The quantitative estimate of drug-likeness (QED) is 0.400. The SMILES string of the molecule is CC.Cc1cc2nc3c(=O)[nH]c(=O)nc-3n(CCCc3ccccc3)c2cc1NC1CCCC1. The van der Waals surface area contributed by atoms with E-state index < -0.39 is 11.2 Å². The first kappa shape index (κ1) is 23.7. The zero-order chi connectivity index (χ0) is 24.1. The van der Waals surface area contributed by atoms with Crippen LogP contribution < -0.4 is 16.6 Å². The van der Waals surface area contributed by atoms with Crippen LogP contribution >= 0.6 is 0 Å². The van der Waals surface area contributed by atoms with Crippen LogP contribution in [-0.4, -0.2) is 25.6 Å². The molecule has 2 aromatic rings. The molecule has 5 rings (SSSR count). The molecule has 1 aliphatic carbocycles. The van der Waals surface area contributed by atoms with Gasteiger partial charge in [-0.25, -0.2) is 9.78 Å². The van der Waals surface area contributed by atoms with E-state index in [0.29, 0.717) is 18.4 Å². The Bertz CT molecular complexity index is 1340. The number of rotatable bonds is 6. The van der Waals surface area contributed by atoms with Crippen LogP contribution in [0.1, 0.15) is 57.1 Å². The molecule has 0 bridgehead atoms. The second-order valence-corrected chi connectivity index (χ2v) is 8.68. The van der Waals surface area contributed by atoms with Crippen LogP contribution in [-0.2, 0) is 13.0 Å². The number of fused-ring (bicyclic) bond motifs is 2. The van der Waals surface area contributed by atoms with Crippen LogP contribution in [0.15, 0.2) is 52.1 Å². The molecule has 2 heterocycles. The second kappa shape index (κ2) is 10.6. The average molecular weight is 460 g/mol. The van der Waals surface area contributed by atoms with E-state index in [2.05, 4.69) is 45.4 Å². The van der Waals surface area contributed by atoms with E-state index in [4.69, 9.17) is 0 Å². The van der Waals surface area contributed by atoms with E-state index in [1.54, 1.807) is 0 Å². The third-order valence-corrected chi connectivity index (χ3v) is 6.36. The minimum absolute atomic E-state index is 0.202. The lowest BCUT2D eigenvalue weighted by molar-refractivity contribution is 0.648. The number of aromatic amines is 1. The smallest absolute Gasteiger partial charge is 0.349 e. The highest BCUT2D eigenvalue weighted by atomic mass is 16.2. The van der Waals surface area contributed by atoms with E-state index in [0.717, 1.165) is 35.1 Å². The summed E-state index contributed by atoms with van der Waals surface area (Å²) in [5.74, 6) is 0.343. The summed E-state index contributed by atoms with van der Waals surface area (Å²) in [7, 11) is 0. The fourth-order valence-corrected chi connectivity index (χ4v) is 4.70. The molecular weight excluding hydrogens is 426 g/mol. The first-order chi connectivity index (χ1) is 16.6. The van der Waals surface area contributed by atoms with Gasteiger partial charge in [-0.2, -0.15) is 4.98 Å². The van der Waals surface area contributed by atoms with Crippen molar-refractivity contribution in [1.82, 2.24) is 19.5 Å². The molecule has 0 unspecified atom stereocenters. The minimum Gasteiger partial charge on any atom is -0.382 e. The van der Waals surface area contributed by atoms with Gasteiger partial charge in [-0.1, -0.05) is 57.0 Å². The summed E-state index contributed by atoms with van der Waals surface area (Å²) in [6.45, 7) is 6.69. The van der Waals surface area contributed by atoms with Crippen molar-refractivity contribution in [2.24, 2.45) is 0 Å². The van der Waals surface area contributed by atoms with Crippen molar-refractivity contribution in [3.63, 3.8) is 0 Å². The maximum absolute atomic E-state index is 12.5. The molecule has 2 aliphatic heterocycles. The molecule has 3 aliphatic rings. The predicted molar refractivity (Wildman–Crippen MR) is 138 cm³/mol. The molecule has 0 aromatic heterocycles. The number of hydrogen-bond donors (Lipinski definition) is 2. The number of H-pyrrole nitrogens is 1. The molecule has 0 radical (unpaired) electrons. The Hall–Kier alpha value is -3.48. The van der Waals surface area contributed by atoms with Crippen LogP contribution in [0.5, 0.6) is 0 Å². The van der Waals surface area contributed by atoms with Gasteiger partial charge in [-0.05, 0) is 55.9 Å². The van der Waals surface area contributed by atoms with Gasteiger partial charge in [0.15, 0.2) is 11.5 Å². The van der Waals surface area contributed by atoms with Crippen molar-refractivity contribution in [3.05, 3.63) is 74.4 Å². The monoisotopic (exact) mass is 459 g/mol. The summed E-state index contributed by atoms with van der Waals surface area (Å²) in [6.07, 6.45) is 6.63. The molecule has 0 spiro atoms. The molecule has 1 fully saturated rings. The summed E-state index contributed by atoms with van der Waals surface area (Å²) < 4.78 is 1.98. The maximum Gasteiger partial charge on any atom is 0.349 e. The molecule has 178 valence electrons. The van der Waals surface area contributed by atoms with Gasteiger partial charge in [0.2, 0.25) is 0 Å². The van der Waals surface area contributed by atoms with Crippen molar-refractivity contribution in [2.45, 2.75) is 71.9 Å². The van der Waals surface area contributed by atoms with Gasteiger partial charge in [-0.3, -0.25) is 9.78 Å². The molecule has 0 amide bonds. The van der Waals surface area contributed by atoms with Gasteiger partial charge in [0, 0.05) is 18.3 Å². The largest absolute Gasteiger partial charge is 0.382 e. The number of benzene rings is 2. The van der Waals surface area contributed by atoms with E-state index in [9.17, 15) is 9.59 Å². The Morgan fingerprint density at radius 3 is 2.53 bits per heavy atom. The molecule has 34 heavy (non-hydrogen) atoms. The van der Waals surface area contributed by atoms with Crippen LogP contribution in [0.2, 0.25) is 0 Å². The van der Waals surface area contributed by atoms with Gasteiger partial charge >= 0.3 is 5.69 Å². The lowest BCUT2D eigenvalue weighted by Gasteiger charge is -2.20. The van der Waals surface area contributed by atoms with Gasteiger partial charge < -0.3 is 9.88 Å². The standard InChI is InChI=1S/C25H27N5O2.C2H6/c1-16-14-20-21(15-19(16)26-18-11-5-6-12-18)30(13-7-10-17-8-3-2-4-9-17)23-22(27-20)24(31)29-25(32)28-23;1-2/h2-4,8-9,14-15,18,26H,5-7,10-13H2,1H3,(H,29,31,32);1-2H3. The Morgan fingerprint density at radius 2 is 1.79 bits per heavy atom. The highest BCUT2D eigenvalue weighted by molar-refractivity contribution is 5.84. The summed E-state index contributed by atoms with van der Waals surface area (Å²) in [4.78, 5) is 35.5. The Balaban J connectivity index is 0.00000133. The number of aromatic nitrogens is 4. The highest BCUT2D eigenvalue weighted by Crippen LogP contribution is 2.29. The number of nitrogens with zero attached hydrogens (tertiary/aromatic N) is 3. The third kappa shape index (κ3) is 5.03. The van der Waals surface area contributed by atoms with Gasteiger partial charge in [0.1, 0.15) is 0 Å². The van der Waals surface area contributed by atoms with Crippen molar-refractivity contribution in [2.75, 3.05) is 5.32 Å². The number of hydrogen-bond acceptors (Lipinski definition) is 5. The molecule has 0 saturated heterocycles. The third-order valence-electron chi connectivity index (χ3n) is 6.36. The Morgan fingerprint density at radius 1 is 1.06 bits per heavy atom. The molecule has 7 nitrogen and oxygen atoms in total. The molecule has 7 heteroatoms. The first-order valence-corrected chi connectivity index (χ1v) is 12.3. The summed E-state index contributed by atoms with van der Waals surface area (Å²) in [6, 6.07) is 14.9. The van der Waals surface area contributed by atoms with E-state index in [-0.39, 0.29) is 5.69 Å². The van der Waals surface area contributed by atoms with Crippen LogP contribution in [0, 0.1) is 6.92 Å². The van der Waals surface area contributed by atoms with Crippen LogP contribution in [0.3, 0.4) is 0 Å². The van der Waals surface area contributed by atoms with Crippen LogP contribution in [0.4, 0.5) is 5.69 Å². The lowest BCUT2D eigenvalue weighted by atomic mass is 10.1. The second-order valence-electron chi connectivity index (χ2n) is 8.68. The lowest BCUT2D eigenvalue weighted by Crippen LogP contribution is -2.29. The number of anilines is 1. The molecule has 2 aromatic carbocycles. The normalized spacial score (nSPS) is 13.7. The van der Waals surface area contributed by atoms with Crippen LogP contribution in [0.25, 0.3) is 22.6 Å². The molecule has 2 N–H and O–H groups in total. The maximum atomic E-state index is 12.5. The van der Waals surface area contributed by atoms with E-state index in [1.165, 1.54) is 31.2 Å². The van der Waals surface area contributed by atoms with Gasteiger partial charge in [0.05, 0.1) is 11.0 Å². The fourth-order valence-electron chi connectivity index (χ4n) is 4.70.